The Morgan fingerprint density at radius 3 is 2.70 bits per heavy atom. The van der Waals surface area contributed by atoms with Crippen molar-refractivity contribution in [1.29, 1.82) is 0 Å². The van der Waals surface area contributed by atoms with Crippen molar-refractivity contribution in [3.05, 3.63) is 60.3 Å². The summed E-state index contributed by atoms with van der Waals surface area (Å²) < 4.78 is 7.03. The Hall–Kier alpha value is -2.73. The second kappa shape index (κ2) is 5.10. The zero-order chi connectivity index (χ0) is 13.9. The van der Waals surface area contributed by atoms with E-state index in [9.17, 15) is 0 Å². The van der Waals surface area contributed by atoms with Crippen LogP contribution in [0.5, 0.6) is 5.75 Å². The molecule has 0 saturated carbocycles. The summed E-state index contributed by atoms with van der Waals surface area (Å²) in [5.41, 5.74) is 1.93. The molecule has 3 aromatic rings. The average Bonchev–Trinajstić information content (AvgIpc) is 2.91. The molecule has 0 N–H and O–H groups in total. The number of methoxy groups -OCH3 is 1. The number of hydrogen-bond donors (Lipinski definition) is 0. The fourth-order valence-electron chi connectivity index (χ4n) is 2.23. The lowest BCUT2D eigenvalue weighted by Crippen LogP contribution is -2.08. The summed E-state index contributed by atoms with van der Waals surface area (Å²) in [6, 6.07) is 15.6. The Balaban J connectivity index is 2.07. The van der Waals surface area contributed by atoms with E-state index in [1.807, 2.05) is 59.4 Å². The second-order valence-corrected chi connectivity index (χ2v) is 4.51. The van der Waals surface area contributed by atoms with Crippen LogP contribution in [0.3, 0.4) is 0 Å². The molecule has 0 aliphatic heterocycles. The molecule has 1 unspecified atom stereocenters. The van der Waals surface area contributed by atoms with E-state index in [-0.39, 0.29) is 6.04 Å². The van der Waals surface area contributed by atoms with E-state index < -0.39 is 0 Å². The molecule has 2 aromatic carbocycles. The summed E-state index contributed by atoms with van der Waals surface area (Å²) in [5.74, 6) is 3.58. The van der Waals surface area contributed by atoms with Crippen LogP contribution in [0.1, 0.15) is 11.6 Å². The molecule has 0 fully saturated rings. The van der Waals surface area contributed by atoms with Crippen LogP contribution >= 0.6 is 0 Å². The van der Waals surface area contributed by atoms with E-state index >= 15 is 0 Å². The quantitative estimate of drug-likeness (QED) is 0.677. The molecule has 98 valence electrons. The molecular formula is C17H14N2O. The number of hydrogen-bond acceptors (Lipinski definition) is 2. The third-order valence-electron chi connectivity index (χ3n) is 3.27. The van der Waals surface area contributed by atoms with E-state index in [0.29, 0.717) is 0 Å². The van der Waals surface area contributed by atoms with Crippen LogP contribution in [0.25, 0.3) is 10.9 Å². The lowest BCUT2D eigenvalue weighted by Gasteiger charge is -2.11. The highest BCUT2D eigenvalue weighted by molar-refractivity contribution is 5.79. The number of aromatic nitrogens is 2. The molecule has 0 radical (unpaired) electrons. The largest absolute Gasteiger partial charge is 0.497 e. The van der Waals surface area contributed by atoms with E-state index in [2.05, 4.69) is 11.0 Å². The van der Waals surface area contributed by atoms with Gasteiger partial charge in [-0.05, 0) is 17.7 Å². The van der Waals surface area contributed by atoms with Crippen LogP contribution in [0.2, 0.25) is 0 Å². The first-order valence-electron chi connectivity index (χ1n) is 6.36. The Morgan fingerprint density at radius 1 is 1.20 bits per heavy atom. The van der Waals surface area contributed by atoms with Gasteiger partial charge in [0, 0.05) is 17.6 Å². The van der Waals surface area contributed by atoms with Crippen molar-refractivity contribution < 1.29 is 4.74 Å². The molecular weight excluding hydrogens is 248 g/mol. The normalized spacial score (nSPS) is 12.0. The Kier molecular flexibility index (Phi) is 3.14. The molecule has 3 heteroatoms. The molecule has 1 atom stereocenters. The lowest BCUT2D eigenvalue weighted by molar-refractivity contribution is 0.415. The predicted octanol–water partition coefficient (Wildman–Crippen LogP) is 3.27. The van der Waals surface area contributed by atoms with Crippen LogP contribution < -0.4 is 4.74 Å². The Morgan fingerprint density at radius 2 is 2.00 bits per heavy atom. The number of rotatable bonds is 3. The minimum atomic E-state index is -0.199. The van der Waals surface area contributed by atoms with Gasteiger partial charge in [0.25, 0.3) is 0 Å². The zero-order valence-electron chi connectivity index (χ0n) is 11.2. The number of fused-ring (bicyclic) bond motifs is 1. The maximum atomic E-state index is 5.68. The monoisotopic (exact) mass is 262 g/mol. The maximum Gasteiger partial charge on any atom is 0.137 e. The van der Waals surface area contributed by atoms with Crippen molar-refractivity contribution in [1.82, 2.24) is 9.78 Å². The SMILES string of the molecule is C#CC(c1ccccc1)n1cc2ccc(OC)cc2n1. The third kappa shape index (κ3) is 2.12. The minimum Gasteiger partial charge on any atom is -0.497 e. The van der Waals surface area contributed by atoms with Gasteiger partial charge in [-0.2, -0.15) is 5.10 Å². The van der Waals surface area contributed by atoms with Gasteiger partial charge >= 0.3 is 0 Å². The first-order chi connectivity index (χ1) is 9.81. The van der Waals surface area contributed by atoms with E-state index in [0.717, 1.165) is 22.2 Å². The Bertz CT molecular complexity index is 769. The van der Waals surface area contributed by atoms with Crippen molar-refractivity contribution in [3.63, 3.8) is 0 Å². The minimum absolute atomic E-state index is 0.199. The highest BCUT2D eigenvalue weighted by Gasteiger charge is 2.12. The van der Waals surface area contributed by atoms with E-state index in [1.165, 1.54) is 0 Å². The van der Waals surface area contributed by atoms with Crippen LogP contribution in [0.15, 0.2) is 54.7 Å². The van der Waals surface area contributed by atoms with Crippen molar-refractivity contribution in [2.45, 2.75) is 6.04 Å². The maximum absolute atomic E-state index is 5.68. The summed E-state index contributed by atoms with van der Waals surface area (Å²) >= 11 is 0. The van der Waals surface area contributed by atoms with Gasteiger partial charge in [-0.3, -0.25) is 4.68 Å². The van der Waals surface area contributed by atoms with Gasteiger partial charge in [0.2, 0.25) is 0 Å². The molecule has 1 aromatic heterocycles. The fraction of sp³-hybridized carbons (Fsp3) is 0.118. The van der Waals surface area contributed by atoms with Gasteiger partial charge < -0.3 is 4.74 Å². The standard InChI is InChI=1S/C17H14N2O/c1-3-17(13-7-5-4-6-8-13)19-12-14-9-10-15(20-2)11-16(14)18-19/h1,4-12,17H,2H3. The highest BCUT2D eigenvalue weighted by Crippen LogP contribution is 2.23. The van der Waals surface area contributed by atoms with Crippen molar-refractivity contribution in [2.75, 3.05) is 7.11 Å². The third-order valence-corrected chi connectivity index (χ3v) is 3.27. The molecule has 0 amide bonds. The molecule has 0 aliphatic rings. The molecule has 0 aliphatic carbocycles. The second-order valence-electron chi connectivity index (χ2n) is 4.51. The number of terminal acetylenes is 1. The molecule has 3 rings (SSSR count). The van der Waals surface area contributed by atoms with Crippen molar-refractivity contribution in [2.24, 2.45) is 0 Å². The summed E-state index contributed by atoms with van der Waals surface area (Å²) in [4.78, 5) is 0. The van der Waals surface area contributed by atoms with Gasteiger partial charge in [-0.15, -0.1) is 6.42 Å². The van der Waals surface area contributed by atoms with Crippen LogP contribution in [0, 0.1) is 12.3 Å². The molecule has 20 heavy (non-hydrogen) atoms. The van der Waals surface area contributed by atoms with E-state index in [1.54, 1.807) is 7.11 Å². The van der Waals surface area contributed by atoms with Gasteiger partial charge in [-0.25, -0.2) is 0 Å². The molecule has 0 spiro atoms. The first-order valence-corrected chi connectivity index (χ1v) is 6.36. The van der Waals surface area contributed by atoms with Gasteiger partial charge in [0.1, 0.15) is 11.8 Å². The van der Waals surface area contributed by atoms with Crippen molar-refractivity contribution >= 4 is 10.9 Å². The molecule has 1 heterocycles. The average molecular weight is 262 g/mol. The summed E-state index contributed by atoms with van der Waals surface area (Å²) in [5, 5.41) is 5.61. The smallest absolute Gasteiger partial charge is 0.137 e. The topological polar surface area (TPSA) is 27.1 Å². The van der Waals surface area contributed by atoms with Crippen LogP contribution in [0.4, 0.5) is 0 Å². The summed E-state index contributed by atoms with van der Waals surface area (Å²) in [7, 11) is 1.65. The number of nitrogens with zero attached hydrogens (tertiary/aromatic N) is 2. The zero-order valence-corrected chi connectivity index (χ0v) is 11.2. The van der Waals surface area contributed by atoms with Gasteiger partial charge in [-0.1, -0.05) is 36.3 Å². The summed E-state index contributed by atoms with van der Waals surface area (Å²) in [6.45, 7) is 0. The first kappa shape index (κ1) is 12.3. The Labute approximate surface area is 117 Å². The molecule has 3 nitrogen and oxygen atoms in total. The highest BCUT2D eigenvalue weighted by atomic mass is 16.5. The molecule has 0 bridgehead atoms. The van der Waals surface area contributed by atoms with Crippen LogP contribution in [-0.4, -0.2) is 16.9 Å². The van der Waals surface area contributed by atoms with E-state index in [4.69, 9.17) is 11.2 Å². The summed E-state index contributed by atoms with van der Waals surface area (Å²) in [6.07, 6.45) is 7.64. The van der Waals surface area contributed by atoms with Gasteiger partial charge in [0.15, 0.2) is 0 Å². The van der Waals surface area contributed by atoms with Gasteiger partial charge in [0.05, 0.1) is 12.6 Å². The fourth-order valence-corrected chi connectivity index (χ4v) is 2.23. The number of benzene rings is 2. The van der Waals surface area contributed by atoms with Crippen molar-refractivity contribution in [3.8, 4) is 18.1 Å². The number of ether oxygens (including phenoxy) is 1. The van der Waals surface area contributed by atoms with Crippen LogP contribution in [-0.2, 0) is 0 Å². The molecule has 0 saturated heterocycles. The lowest BCUT2D eigenvalue weighted by atomic mass is 10.1. The predicted molar refractivity (Wildman–Crippen MR) is 79.7 cm³/mol.